The zero-order valence-electron chi connectivity index (χ0n) is 11.8. The van der Waals surface area contributed by atoms with E-state index in [1.807, 2.05) is 0 Å². The lowest BCUT2D eigenvalue weighted by molar-refractivity contribution is -0.160. The first-order valence-corrected chi connectivity index (χ1v) is 6.50. The van der Waals surface area contributed by atoms with E-state index in [1.54, 1.807) is 20.8 Å². The number of imide groups is 1. The summed E-state index contributed by atoms with van der Waals surface area (Å²) in [6.45, 7) is 5.95. The summed E-state index contributed by atoms with van der Waals surface area (Å²) in [5.41, 5.74) is -1.49. The molecule has 8 heteroatoms. The van der Waals surface area contributed by atoms with Crippen LogP contribution in [0, 0.1) is 0 Å². The van der Waals surface area contributed by atoms with Crippen LogP contribution in [0.3, 0.4) is 0 Å². The maximum absolute atomic E-state index is 11.7. The Kier molecular flexibility index (Phi) is 3.59. The van der Waals surface area contributed by atoms with E-state index in [-0.39, 0.29) is 5.91 Å². The number of rotatable bonds is 1. The molecule has 0 atom stereocenters. The number of hydroxylamine groups is 2. The minimum absolute atomic E-state index is 0.320. The lowest BCUT2D eigenvalue weighted by atomic mass is 9.88. The molecule has 20 heavy (non-hydrogen) atoms. The van der Waals surface area contributed by atoms with Crippen LogP contribution in [0.1, 0.15) is 33.6 Å². The van der Waals surface area contributed by atoms with Crippen molar-refractivity contribution in [3.63, 3.8) is 0 Å². The molecule has 2 aliphatic rings. The van der Waals surface area contributed by atoms with Crippen molar-refractivity contribution in [2.24, 2.45) is 0 Å². The Labute approximate surface area is 116 Å². The second kappa shape index (κ2) is 4.93. The van der Waals surface area contributed by atoms with Crippen molar-refractivity contribution in [1.82, 2.24) is 15.7 Å². The third kappa shape index (κ3) is 3.19. The molecule has 0 unspecified atom stereocenters. The van der Waals surface area contributed by atoms with Crippen molar-refractivity contribution >= 4 is 18.1 Å². The van der Waals surface area contributed by atoms with Crippen molar-refractivity contribution in [2.75, 3.05) is 13.1 Å². The molecule has 0 aromatic rings. The number of carbonyl (C=O) groups is 3. The molecule has 0 aromatic heterocycles. The fourth-order valence-electron chi connectivity index (χ4n) is 2.21. The van der Waals surface area contributed by atoms with Crippen molar-refractivity contribution in [1.29, 1.82) is 0 Å². The van der Waals surface area contributed by atoms with Crippen molar-refractivity contribution in [3.8, 4) is 0 Å². The van der Waals surface area contributed by atoms with Gasteiger partial charge in [0.05, 0.1) is 0 Å². The molecule has 2 saturated heterocycles. The van der Waals surface area contributed by atoms with Crippen LogP contribution < -0.4 is 10.6 Å². The molecule has 2 fully saturated rings. The molecule has 0 saturated carbocycles. The largest absolute Gasteiger partial charge is 0.528 e. The van der Waals surface area contributed by atoms with Gasteiger partial charge in [0.1, 0.15) is 11.1 Å². The Morgan fingerprint density at radius 3 is 2.30 bits per heavy atom. The van der Waals surface area contributed by atoms with Gasteiger partial charge < -0.3 is 14.9 Å². The second-order valence-electron chi connectivity index (χ2n) is 5.98. The summed E-state index contributed by atoms with van der Waals surface area (Å²) < 4.78 is 5.04. The van der Waals surface area contributed by atoms with Gasteiger partial charge in [-0.2, -0.15) is 0 Å². The summed E-state index contributed by atoms with van der Waals surface area (Å²) in [5.74, 6) is -0.320. The normalized spacial score (nSPS) is 22.4. The van der Waals surface area contributed by atoms with E-state index >= 15 is 0 Å². The van der Waals surface area contributed by atoms with Gasteiger partial charge in [-0.05, 0) is 33.6 Å². The predicted molar refractivity (Wildman–Crippen MR) is 67.5 cm³/mol. The van der Waals surface area contributed by atoms with Crippen LogP contribution in [0.4, 0.5) is 9.59 Å². The van der Waals surface area contributed by atoms with Crippen LogP contribution in [-0.4, -0.2) is 47.4 Å². The summed E-state index contributed by atoms with van der Waals surface area (Å²) in [6, 6.07) is -0.475. The minimum atomic E-state index is -0.870. The SMILES string of the molecule is CC(C)(C)OC(=O)ON1CCC2(CC1)NC(=O)NC2=O. The van der Waals surface area contributed by atoms with Crippen LogP contribution in [-0.2, 0) is 14.4 Å². The number of hydrogen-bond acceptors (Lipinski definition) is 6. The third-order valence-electron chi connectivity index (χ3n) is 3.18. The molecule has 8 nitrogen and oxygen atoms in total. The first-order chi connectivity index (χ1) is 9.20. The smallest absolute Gasteiger partial charge is 0.427 e. The fraction of sp³-hybridized carbons (Fsp3) is 0.750. The quantitative estimate of drug-likeness (QED) is 0.539. The van der Waals surface area contributed by atoms with Crippen molar-refractivity contribution < 1.29 is 24.0 Å². The number of carbonyl (C=O) groups excluding carboxylic acids is 3. The first-order valence-electron chi connectivity index (χ1n) is 6.50. The van der Waals surface area contributed by atoms with E-state index in [0.717, 1.165) is 0 Å². The van der Waals surface area contributed by atoms with Crippen LogP contribution in [0.5, 0.6) is 0 Å². The number of hydrogen-bond donors (Lipinski definition) is 2. The molecular formula is C12H19N3O5. The summed E-state index contributed by atoms with van der Waals surface area (Å²) in [4.78, 5) is 39.5. The van der Waals surface area contributed by atoms with E-state index < -0.39 is 23.3 Å². The lowest BCUT2D eigenvalue weighted by Gasteiger charge is -2.35. The van der Waals surface area contributed by atoms with Crippen LogP contribution >= 0.6 is 0 Å². The maximum atomic E-state index is 11.7. The van der Waals surface area contributed by atoms with Gasteiger partial charge in [0, 0.05) is 13.1 Å². The van der Waals surface area contributed by atoms with E-state index in [4.69, 9.17) is 9.57 Å². The molecule has 2 aliphatic heterocycles. The molecule has 0 aliphatic carbocycles. The molecule has 3 amide bonds. The first kappa shape index (κ1) is 14.6. The molecule has 2 N–H and O–H groups in total. The summed E-state index contributed by atoms with van der Waals surface area (Å²) in [7, 11) is 0. The highest BCUT2D eigenvalue weighted by Gasteiger charge is 2.48. The van der Waals surface area contributed by atoms with Gasteiger partial charge >= 0.3 is 12.2 Å². The molecule has 2 heterocycles. The van der Waals surface area contributed by atoms with Crippen LogP contribution in [0.25, 0.3) is 0 Å². The Morgan fingerprint density at radius 1 is 1.25 bits per heavy atom. The van der Waals surface area contributed by atoms with Gasteiger partial charge in [0.15, 0.2) is 0 Å². The average Bonchev–Trinajstić information content (AvgIpc) is 2.55. The Balaban J connectivity index is 1.84. The van der Waals surface area contributed by atoms with E-state index in [0.29, 0.717) is 25.9 Å². The van der Waals surface area contributed by atoms with Gasteiger partial charge in [-0.15, -0.1) is 5.06 Å². The maximum Gasteiger partial charge on any atom is 0.528 e. The fourth-order valence-corrected chi connectivity index (χ4v) is 2.21. The number of ether oxygens (including phenoxy) is 1. The van der Waals surface area contributed by atoms with E-state index in [9.17, 15) is 14.4 Å². The van der Waals surface area contributed by atoms with Crippen LogP contribution in [0.2, 0.25) is 0 Å². The molecular weight excluding hydrogens is 266 g/mol. The van der Waals surface area contributed by atoms with Gasteiger partial charge in [0.25, 0.3) is 5.91 Å². The molecule has 112 valence electrons. The zero-order chi connectivity index (χ0) is 15.0. The molecule has 0 bridgehead atoms. The summed E-state index contributed by atoms with van der Waals surface area (Å²) >= 11 is 0. The highest BCUT2D eigenvalue weighted by molar-refractivity contribution is 6.07. The van der Waals surface area contributed by atoms with Crippen molar-refractivity contribution in [3.05, 3.63) is 0 Å². The van der Waals surface area contributed by atoms with Gasteiger partial charge in [0.2, 0.25) is 0 Å². The van der Waals surface area contributed by atoms with Gasteiger partial charge in [-0.3, -0.25) is 10.1 Å². The monoisotopic (exact) mass is 285 g/mol. The Bertz CT molecular complexity index is 435. The third-order valence-corrected chi connectivity index (χ3v) is 3.18. The number of urea groups is 1. The highest BCUT2D eigenvalue weighted by atomic mass is 16.8. The Hall–Kier alpha value is -1.83. The second-order valence-corrected chi connectivity index (χ2v) is 5.98. The van der Waals surface area contributed by atoms with E-state index in [1.165, 1.54) is 5.06 Å². The standard InChI is InChI=1S/C12H19N3O5/c1-11(2,3)19-10(18)20-15-6-4-12(5-7-15)8(16)13-9(17)14-12/h4-7H2,1-3H3,(H2,13,14,16,17). The number of nitrogens with zero attached hydrogens (tertiary/aromatic N) is 1. The topological polar surface area (TPSA) is 97.0 Å². The van der Waals surface area contributed by atoms with Gasteiger partial charge in [-0.25, -0.2) is 9.59 Å². The van der Waals surface area contributed by atoms with E-state index in [2.05, 4.69) is 10.6 Å². The number of piperidine rings is 1. The molecule has 2 rings (SSSR count). The summed E-state index contributed by atoms with van der Waals surface area (Å²) in [6.07, 6.45) is -0.00541. The minimum Gasteiger partial charge on any atom is -0.427 e. The highest BCUT2D eigenvalue weighted by Crippen LogP contribution is 2.25. The Morgan fingerprint density at radius 2 is 1.85 bits per heavy atom. The van der Waals surface area contributed by atoms with Crippen LogP contribution in [0.15, 0.2) is 0 Å². The number of nitrogens with one attached hydrogen (secondary N) is 2. The average molecular weight is 285 g/mol. The lowest BCUT2D eigenvalue weighted by Crippen LogP contribution is -2.55. The molecule has 1 spiro atoms. The number of amides is 3. The predicted octanol–water partition coefficient (Wildman–Crippen LogP) is 0.527. The summed E-state index contributed by atoms with van der Waals surface area (Å²) in [5, 5.41) is 6.30. The molecule has 0 aromatic carbocycles. The zero-order valence-corrected chi connectivity index (χ0v) is 11.8. The van der Waals surface area contributed by atoms with Gasteiger partial charge in [-0.1, -0.05) is 0 Å². The van der Waals surface area contributed by atoms with Crippen molar-refractivity contribution in [2.45, 2.75) is 44.8 Å². The molecule has 0 radical (unpaired) electrons.